The number of nitrogens with zero attached hydrogens (tertiary/aromatic N) is 6. The molecule has 386 valence electrons. The summed E-state index contributed by atoms with van der Waals surface area (Å²) < 4.78 is 15.5. The lowest BCUT2D eigenvalue weighted by molar-refractivity contribution is -0.933. The number of rotatable bonds is 11. The van der Waals surface area contributed by atoms with Crippen molar-refractivity contribution in [3.63, 3.8) is 0 Å². The Morgan fingerprint density at radius 2 is 1.48 bits per heavy atom. The lowest BCUT2D eigenvalue weighted by atomic mass is 9.93. The average molecular weight is 1040 g/mol. The van der Waals surface area contributed by atoms with E-state index >= 15 is 4.79 Å². The Morgan fingerprint density at radius 1 is 0.781 bits per heavy atom. The first-order chi connectivity index (χ1) is 35.1. The number of hydrogen-bond donors (Lipinski definition) is 2. The van der Waals surface area contributed by atoms with Gasteiger partial charge in [-0.25, -0.2) is 4.98 Å². The number of fused-ring (bicyclic) bond motifs is 1. The van der Waals surface area contributed by atoms with Gasteiger partial charge in [-0.15, -0.1) is 0 Å². The average Bonchev–Trinajstić information content (AvgIpc) is 4.03. The van der Waals surface area contributed by atoms with E-state index in [4.69, 9.17) is 37.7 Å². The van der Waals surface area contributed by atoms with E-state index < -0.39 is 47.8 Å². The SMILES string of the molecule is COC[C@@H]1NC(=O)[C@H](C)N(Cc2ccc(Cl)cc2Oc2ccc(-c3cnc4n3CC[N+]3(CCCC3)C4)cc2)C(=O)C[C@@H](Cc2ccccc2)C(=O)N(C)[C@@H](C)CNC(=O)C[C@H](Cc2ccc(Cl)cc2)N(C)C1=O. The molecule has 2 fully saturated rings. The second-order valence-electron chi connectivity index (χ2n) is 20.0. The minimum Gasteiger partial charge on any atom is -0.457 e. The maximum atomic E-state index is 15.1. The Labute approximate surface area is 438 Å². The van der Waals surface area contributed by atoms with Crippen LogP contribution < -0.4 is 15.4 Å². The number of hydrogen-bond acceptors (Lipinski definition) is 8. The number of methoxy groups -OCH3 is 1. The molecule has 5 aromatic rings. The first-order valence-electron chi connectivity index (χ1n) is 25.2. The van der Waals surface area contributed by atoms with E-state index in [1.54, 1.807) is 56.3 Å². The first kappa shape index (κ1) is 53.0. The Bertz CT molecular complexity index is 2750. The van der Waals surface area contributed by atoms with Crippen LogP contribution in [0.1, 0.15) is 62.0 Å². The molecule has 3 aliphatic rings. The van der Waals surface area contributed by atoms with Gasteiger partial charge in [0.15, 0.2) is 5.82 Å². The van der Waals surface area contributed by atoms with Crippen LogP contribution in [-0.2, 0) is 61.2 Å². The zero-order chi connectivity index (χ0) is 51.8. The van der Waals surface area contributed by atoms with E-state index in [1.165, 1.54) is 42.8 Å². The number of halogens is 2. The molecule has 73 heavy (non-hydrogen) atoms. The van der Waals surface area contributed by atoms with E-state index in [-0.39, 0.29) is 50.8 Å². The third-order valence-corrected chi connectivity index (χ3v) is 15.5. The van der Waals surface area contributed by atoms with Crippen molar-refractivity contribution >= 4 is 52.7 Å². The van der Waals surface area contributed by atoms with Crippen molar-refractivity contribution < 1.29 is 37.9 Å². The second-order valence-corrected chi connectivity index (χ2v) is 20.9. The smallest absolute Gasteiger partial charge is 0.247 e. The van der Waals surface area contributed by atoms with Gasteiger partial charge in [-0.1, -0.05) is 71.7 Å². The maximum Gasteiger partial charge on any atom is 0.247 e. The predicted molar refractivity (Wildman–Crippen MR) is 281 cm³/mol. The highest BCUT2D eigenvalue weighted by molar-refractivity contribution is 6.31. The third-order valence-electron chi connectivity index (χ3n) is 15.0. The van der Waals surface area contributed by atoms with Crippen molar-refractivity contribution in [2.45, 2.75) is 96.2 Å². The molecule has 0 bridgehead atoms. The first-order valence-corrected chi connectivity index (χ1v) is 26.0. The highest BCUT2D eigenvalue weighted by Gasteiger charge is 2.39. The molecule has 5 atom stereocenters. The number of benzene rings is 4. The molecule has 0 radical (unpaired) electrons. The monoisotopic (exact) mass is 1030 g/mol. The van der Waals surface area contributed by atoms with Crippen molar-refractivity contribution in [3.8, 4) is 22.8 Å². The minimum absolute atomic E-state index is 0.0691. The summed E-state index contributed by atoms with van der Waals surface area (Å²) >= 11 is 12.8. The van der Waals surface area contributed by atoms with Gasteiger partial charge in [-0.05, 0) is 86.3 Å². The Morgan fingerprint density at radius 3 is 2.19 bits per heavy atom. The Hall–Kier alpha value is -6.26. The summed E-state index contributed by atoms with van der Waals surface area (Å²) in [5.74, 6) is -1.05. The van der Waals surface area contributed by atoms with Gasteiger partial charge in [0.25, 0.3) is 0 Å². The van der Waals surface area contributed by atoms with Crippen LogP contribution in [0.15, 0.2) is 103 Å². The lowest BCUT2D eigenvalue weighted by Gasteiger charge is -2.38. The number of nitrogens with one attached hydrogen (secondary N) is 2. The van der Waals surface area contributed by atoms with Gasteiger partial charge in [-0.3, -0.25) is 24.0 Å². The number of carbonyl (C=O) groups excluding carboxylic acids is 5. The lowest BCUT2D eigenvalue weighted by Crippen LogP contribution is -2.57. The number of ether oxygens (including phenoxy) is 2. The molecule has 0 unspecified atom stereocenters. The zero-order valence-corrected chi connectivity index (χ0v) is 43.9. The largest absolute Gasteiger partial charge is 0.457 e. The van der Waals surface area contributed by atoms with Gasteiger partial charge in [0.05, 0.1) is 57.1 Å². The molecule has 17 heteroatoms. The molecule has 5 amide bonds. The zero-order valence-electron chi connectivity index (χ0n) is 42.4. The molecule has 2 N–H and O–H groups in total. The molecule has 4 aromatic carbocycles. The van der Waals surface area contributed by atoms with E-state index in [0.29, 0.717) is 33.5 Å². The standard InChI is InChI=1S/C56H66Cl2N8O7/c1-37-32-60-52(67)31-46(28-40-13-18-44(57)19-14-40)63(4)56(71)48(36-72-5)61-54(69)38(2)65(53(68)29-43(55(70)62(37)3)27-39-11-7-6-8-12-39)34-42-15-20-45(58)30-50(42)73-47-21-16-41(17-22-47)49-33-59-51-35-66(24-9-10-25-66)26-23-64(49)51/h6-8,11-22,30,33,37-38,43,46,48H,9-10,23-29,31-32,34-36H2,1-5H3,(H-,60,61,67,69)/p+1/t37-,38-,43+,46-,48-/m0/s1. The molecule has 3 aliphatic heterocycles. The summed E-state index contributed by atoms with van der Waals surface area (Å²) in [5, 5.41) is 6.79. The molecular formula is C56H67Cl2N8O7+. The van der Waals surface area contributed by atoms with Crippen LogP contribution in [0.2, 0.25) is 10.0 Å². The fourth-order valence-corrected chi connectivity index (χ4v) is 10.7. The maximum absolute atomic E-state index is 15.1. The highest BCUT2D eigenvalue weighted by atomic mass is 35.5. The minimum atomic E-state index is -1.19. The number of likely N-dealkylation sites (N-methyl/N-ethyl adjacent to an activating group) is 2. The Kier molecular flexibility index (Phi) is 17.2. The highest BCUT2D eigenvalue weighted by Crippen LogP contribution is 2.34. The second kappa shape index (κ2) is 23.7. The molecule has 0 aliphatic carbocycles. The van der Waals surface area contributed by atoms with Crippen LogP contribution in [0.25, 0.3) is 11.3 Å². The van der Waals surface area contributed by atoms with Crippen LogP contribution in [0.4, 0.5) is 0 Å². The van der Waals surface area contributed by atoms with Gasteiger partial charge in [0.1, 0.15) is 30.1 Å². The summed E-state index contributed by atoms with van der Waals surface area (Å²) in [6.07, 6.45) is 4.71. The fraction of sp³-hybridized carbons (Fsp3) is 0.429. The number of imidazole rings is 1. The molecular weight excluding hydrogens is 968 g/mol. The number of quaternary nitrogens is 1. The third kappa shape index (κ3) is 12.9. The van der Waals surface area contributed by atoms with E-state index in [0.717, 1.165) is 52.3 Å². The number of carbonyl (C=O) groups is 5. The molecule has 2 saturated heterocycles. The predicted octanol–water partition coefficient (Wildman–Crippen LogP) is 7.31. The van der Waals surface area contributed by atoms with Crippen molar-refractivity contribution in [3.05, 3.63) is 136 Å². The number of aromatic nitrogens is 2. The number of amides is 5. The van der Waals surface area contributed by atoms with Crippen LogP contribution >= 0.6 is 23.2 Å². The van der Waals surface area contributed by atoms with Crippen molar-refractivity contribution in [2.24, 2.45) is 5.92 Å². The van der Waals surface area contributed by atoms with Crippen molar-refractivity contribution in [1.29, 1.82) is 0 Å². The van der Waals surface area contributed by atoms with Crippen molar-refractivity contribution in [1.82, 2.24) is 34.9 Å². The molecule has 0 saturated carbocycles. The topological polar surface area (TPSA) is 155 Å². The normalized spacial score (nSPS) is 22.4. The quantitative estimate of drug-likeness (QED) is 0.131. The van der Waals surface area contributed by atoms with E-state index in [2.05, 4.69) is 15.2 Å². The van der Waals surface area contributed by atoms with Gasteiger partial charge in [0, 0.05) is 86.7 Å². The van der Waals surface area contributed by atoms with Crippen molar-refractivity contribution in [2.75, 3.05) is 54.0 Å². The molecule has 15 nitrogen and oxygen atoms in total. The van der Waals surface area contributed by atoms with Crippen LogP contribution in [-0.4, -0.2) is 136 Å². The van der Waals surface area contributed by atoms with Crippen LogP contribution in [0, 0.1) is 5.92 Å². The van der Waals surface area contributed by atoms with Gasteiger partial charge in [-0.2, -0.15) is 0 Å². The van der Waals surface area contributed by atoms with Crippen LogP contribution in [0.5, 0.6) is 11.5 Å². The molecule has 1 spiro atoms. The fourth-order valence-electron chi connectivity index (χ4n) is 10.4. The van der Waals surface area contributed by atoms with Crippen LogP contribution in [0.3, 0.4) is 0 Å². The van der Waals surface area contributed by atoms with Gasteiger partial charge >= 0.3 is 0 Å². The summed E-state index contributed by atoms with van der Waals surface area (Å²) in [7, 11) is 4.68. The Balaban J connectivity index is 1.10. The summed E-state index contributed by atoms with van der Waals surface area (Å²) in [6, 6.07) is 26.1. The van der Waals surface area contributed by atoms with E-state index in [1.807, 2.05) is 79.9 Å². The summed E-state index contributed by atoms with van der Waals surface area (Å²) in [5.41, 5.74) is 4.31. The van der Waals surface area contributed by atoms with Gasteiger partial charge < -0.3 is 43.9 Å². The summed E-state index contributed by atoms with van der Waals surface area (Å²) in [4.78, 5) is 81.9. The molecule has 1 aromatic heterocycles. The van der Waals surface area contributed by atoms with E-state index in [9.17, 15) is 19.2 Å². The molecule has 4 heterocycles. The summed E-state index contributed by atoms with van der Waals surface area (Å²) in [6.45, 7) is 8.65. The molecule has 8 rings (SSSR count). The van der Waals surface area contributed by atoms with Gasteiger partial charge in [0.2, 0.25) is 29.5 Å².